The molecule has 3 heterocycles. The van der Waals surface area contributed by atoms with Crippen molar-refractivity contribution in [2.45, 2.75) is 13.8 Å². The fourth-order valence-corrected chi connectivity index (χ4v) is 3.22. The third-order valence-electron chi connectivity index (χ3n) is 4.40. The van der Waals surface area contributed by atoms with Crippen molar-refractivity contribution in [3.63, 3.8) is 0 Å². The average Bonchev–Trinajstić information content (AvgIpc) is 2.95. The van der Waals surface area contributed by atoms with E-state index in [9.17, 15) is 0 Å². The Kier molecular flexibility index (Phi) is 4.69. The highest BCUT2D eigenvalue weighted by molar-refractivity contribution is 5.92. The molecule has 1 aliphatic rings. The van der Waals surface area contributed by atoms with E-state index in [1.807, 2.05) is 29.8 Å². The van der Waals surface area contributed by atoms with Gasteiger partial charge < -0.3 is 10.2 Å². The maximum Gasteiger partial charge on any atom is 0.179 e. The number of aryl methyl sites for hydroxylation is 2. The van der Waals surface area contributed by atoms with Gasteiger partial charge >= 0.3 is 0 Å². The summed E-state index contributed by atoms with van der Waals surface area (Å²) >= 11 is 0. The number of fused-ring (bicyclic) bond motifs is 1. The number of nitrogens with one attached hydrogen (secondary N) is 1. The van der Waals surface area contributed by atoms with Gasteiger partial charge in [0.25, 0.3) is 0 Å². The largest absolute Gasteiger partial charge is 0.351 e. The molecule has 0 spiro atoms. The molecule has 0 atom stereocenters. The van der Waals surface area contributed by atoms with Crippen molar-refractivity contribution in [1.82, 2.24) is 25.3 Å². The zero-order valence-electron chi connectivity index (χ0n) is 13.9. The van der Waals surface area contributed by atoms with Crippen molar-refractivity contribution in [2.24, 2.45) is 0 Å². The summed E-state index contributed by atoms with van der Waals surface area (Å²) in [5.41, 5.74) is 4.04. The third-order valence-corrected chi connectivity index (χ3v) is 4.40. The first kappa shape index (κ1) is 16.7. The zero-order valence-corrected chi connectivity index (χ0v) is 14.7. The third kappa shape index (κ3) is 2.72. The summed E-state index contributed by atoms with van der Waals surface area (Å²) in [5.74, 6) is 0.893. The van der Waals surface area contributed by atoms with Gasteiger partial charge in [-0.25, -0.2) is 4.68 Å². The van der Waals surface area contributed by atoms with Crippen LogP contribution in [0.3, 0.4) is 0 Å². The van der Waals surface area contributed by atoms with Crippen LogP contribution >= 0.6 is 12.4 Å². The van der Waals surface area contributed by atoms with E-state index in [0.717, 1.165) is 60.0 Å². The van der Waals surface area contributed by atoms with Crippen LogP contribution in [0, 0.1) is 13.8 Å². The van der Waals surface area contributed by atoms with Crippen molar-refractivity contribution in [1.29, 1.82) is 0 Å². The summed E-state index contributed by atoms with van der Waals surface area (Å²) in [6.45, 7) is 7.90. The predicted octanol–water partition coefficient (Wildman–Crippen LogP) is 2.26. The molecule has 7 heteroatoms. The number of hydrogen-bond acceptors (Lipinski definition) is 5. The molecule has 0 unspecified atom stereocenters. The Balaban J connectivity index is 0.00000169. The van der Waals surface area contributed by atoms with Crippen LogP contribution in [0.5, 0.6) is 0 Å². The van der Waals surface area contributed by atoms with Crippen molar-refractivity contribution in [3.05, 3.63) is 41.7 Å². The van der Waals surface area contributed by atoms with Crippen LogP contribution in [-0.4, -0.2) is 46.2 Å². The van der Waals surface area contributed by atoms with Gasteiger partial charge in [-0.1, -0.05) is 18.2 Å². The van der Waals surface area contributed by atoms with E-state index in [2.05, 4.69) is 39.5 Å². The molecule has 1 fully saturated rings. The molecule has 1 aromatic carbocycles. The number of benzene rings is 1. The molecule has 4 rings (SSSR count). The Morgan fingerprint density at radius 3 is 2.42 bits per heavy atom. The van der Waals surface area contributed by atoms with E-state index in [-0.39, 0.29) is 12.4 Å². The van der Waals surface area contributed by atoms with Gasteiger partial charge in [-0.2, -0.15) is 10.2 Å². The lowest BCUT2D eigenvalue weighted by molar-refractivity contribution is 0.583. The van der Waals surface area contributed by atoms with Gasteiger partial charge in [-0.15, -0.1) is 17.5 Å². The SMILES string of the molecule is Cc1nnc(N2CCNCC2)c2nn(-c3ccccc3)c(C)c12.Cl. The zero-order chi connectivity index (χ0) is 15.8. The Morgan fingerprint density at radius 2 is 1.71 bits per heavy atom. The summed E-state index contributed by atoms with van der Waals surface area (Å²) in [6.07, 6.45) is 0. The van der Waals surface area contributed by atoms with Gasteiger partial charge in [0.15, 0.2) is 5.82 Å². The van der Waals surface area contributed by atoms with Crippen molar-refractivity contribution < 1.29 is 0 Å². The highest BCUT2D eigenvalue weighted by atomic mass is 35.5. The van der Waals surface area contributed by atoms with Crippen molar-refractivity contribution in [2.75, 3.05) is 31.1 Å². The monoisotopic (exact) mass is 344 g/mol. The first-order chi connectivity index (χ1) is 11.3. The number of hydrogen-bond donors (Lipinski definition) is 1. The molecule has 0 amide bonds. The molecule has 0 bridgehead atoms. The van der Waals surface area contributed by atoms with Gasteiger partial charge in [0, 0.05) is 26.2 Å². The normalized spacial score (nSPS) is 14.7. The standard InChI is InChI=1S/C17H20N6.ClH/c1-12-15-13(2)23(14-6-4-3-5-7-14)21-16(15)17(20-19-12)22-10-8-18-9-11-22;/h3-7,18H,8-11H2,1-2H3;1H. The lowest BCUT2D eigenvalue weighted by atomic mass is 10.2. The van der Waals surface area contributed by atoms with Crippen LogP contribution in [0.25, 0.3) is 16.6 Å². The minimum atomic E-state index is 0. The maximum atomic E-state index is 4.87. The topological polar surface area (TPSA) is 58.9 Å². The summed E-state index contributed by atoms with van der Waals surface area (Å²) in [7, 11) is 0. The van der Waals surface area contributed by atoms with E-state index >= 15 is 0 Å². The minimum Gasteiger partial charge on any atom is -0.351 e. The highest BCUT2D eigenvalue weighted by Crippen LogP contribution is 2.29. The molecule has 2 aromatic heterocycles. The first-order valence-corrected chi connectivity index (χ1v) is 7.99. The van der Waals surface area contributed by atoms with E-state index in [1.165, 1.54) is 0 Å². The Labute approximate surface area is 147 Å². The molecule has 0 saturated carbocycles. The van der Waals surface area contributed by atoms with Crippen LogP contribution in [0.15, 0.2) is 30.3 Å². The van der Waals surface area contributed by atoms with Crippen LogP contribution in [0.2, 0.25) is 0 Å². The average molecular weight is 345 g/mol. The fraction of sp³-hybridized carbons (Fsp3) is 0.353. The van der Waals surface area contributed by atoms with Crippen LogP contribution < -0.4 is 10.2 Å². The van der Waals surface area contributed by atoms with Crippen LogP contribution in [-0.2, 0) is 0 Å². The van der Waals surface area contributed by atoms with Crippen molar-refractivity contribution in [3.8, 4) is 5.69 Å². The van der Waals surface area contributed by atoms with E-state index < -0.39 is 0 Å². The predicted molar refractivity (Wildman–Crippen MR) is 98.5 cm³/mol. The number of piperazine rings is 1. The lowest BCUT2D eigenvalue weighted by Crippen LogP contribution is -2.44. The molecule has 3 aromatic rings. The molecule has 6 nitrogen and oxygen atoms in total. The number of anilines is 1. The highest BCUT2D eigenvalue weighted by Gasteiger charge is 2.21. The van der Waals surface area contributed by atoms with Gasteiger partial charge in [-0.3, -0.25) is 0 Å². The Bertz CT molecular complexity index is 839. The molecule has 126 valence electrons. The van der Waals surface area contributed by atoms with E-state index in [0.29, 0.717) is 0 Å². The second-order valence-corrected chi connectivity index (χ2v) is 5.90. The van der Waals surface area contributed by atoms with E-state index in [4.69, 9.17) is 5.10 Å². The number of halogens is 1. The maximum absolute atomic E-state index is 4.87. The second kappa shape index (κ2) is 6.75. The molecule has 24 heavy (non-hydrogen) atoms. The molecule has 1 N–H and O–H groups in total. The molecular weight excluding hydrogens is 324 g/mol. The minimum absolute atomic E-state index is 0. The molecular formula is C17H21ClN6. The summed E-state index contributed by atoms with van der Waals surface area (Å²) in [4.78, 5) is 2.27. The smallest absolute Gasteiger partial charge is 0.179 e. The van der Waals surface area contributed by atoms with Gasteiger partial charge in [0.1, 0.15) is 5.52 Å². The van der Waals surface area contributed by atoms with Crippen LogP contribution in [0.1, 0.15) is 11.4 Å². The molecule has 1 saturated heterocycles. The molecule has 1 aliphatic heterocycles. The number of rotatable bonds is 2. The summed E-state index contributed by atoms with van der Waals surface area (Å²) < 4.78 is 1.99. The summed E-state index contributed by atoms with van der Waals surface area (Å²) in [6, 6.07) is 10.2. The number of aromatic nitrogens is 4. The number of para-hydroxylation sites is 1. The van der Waals surface area contributed by atoms with Gasteiger partial charge in [0.2, 0.25) is 0 Å². The van der Waals surface area contributed by atoms with E-state index in [1.54, 1.807) is 0 Å². The van der Waals surface area contributed by atoms with Crippen LogP contribution in [0.4, 0.5) is 5.82 Å². The number of nitrogens with zero attached hydrogens (tertiary/aromatic N) is 5. The Hall–Kier alpha value is -2.18. The Morgan fingerprint density at radius 1 is 1.00 bits per heavy atom. The first-order valence-electron chi connectivity index (χ1n) is 7.99. The quantitative estimate of drug-likeness (QED) is 0.772. The lowest BCUT2D eigenvalue weighted by Gasteiger charge is -2.28. The molecule has 0 aliphatic carbocycles. The summed E-state index contributed by atoms with van der Waals surface area (Å²) in [5, 5.41) is 18.2. The van der Waals surface area contributed by atoms with Gasteiger partial charge in [0.05, 0.1) is 22.5 Å². The second-order valence-electron chi connectivity index (χ2n) is 5.90. The van der Waals surface area contributed by atoms with Crippen molar-refractivity contribution >= 4 is 29.1 Å². The molecule has 0 radical (unpaired) electrons. The van der Waals surface area contributed by atoms with Gasteiger partial charge in [-0.05, 0) is 26.0 Å². The fourth-order valence-electron chi connectivity index (χ4n) is 3.22.